The normalized spacial score (nSPS) is 10.5. The molecule has 1 aromatic heterocycles. The highest BCUT2D eigenvalue weighted by atomic mass is 79.9. The fraction of sp³-hybridized carbons (Fsp3) is 0. The first kappa shape index (κ1) is 7.68. The van der Waals surface area contributed by atoms with Gasteiger partial charge in [-0.05, 0) is 34.1 Å². The van der Waals surface area contributed by atoms with Crippen LogP contribution in [-0.4, -0.2) is 4.98 Å². The van der Waals surface area contributed by atoms with Crippen LogP contribution in [0.15, 0.2) is 34.9 Å². The second-order valence-corrected chi connectivity index (χ2v) is 3.22. The second-order valence-electron chi connectivity index (χ2n) is 2.43. The lowest BCUT2D eigenvalue weighted by molar-refractivity contribution is 0.623. The molecule has 3 heteroatoms. The highest BCUT2D eigenvalue weighted by Gasteiger charge is 2.03. The summed E-state index contributed by atoms with van der Waals surface area (Å²) in [5.41, 5.74) is 0.797. The van der Waals surface area contributed by atoms with Gasteiger partial charge in [0, 0.05) is 11.6 Å². The molecule has 0 amide bonds. The summed E-state index contributed by atoms with van der Waals surface area (Å²) < 4.78 is 13.5. The molecule has 0 bridgehead atoms. The van der Waals surface area contributed by atoms with Crippen molar-refractivity contribution >= 4 is 26.8 Å². The smallest absolute Gasteiger partial charge is 0.138 e. The highest BCUT2D eigenvalue weighted by Crippen LogP contribution is 2.24. The van der Waals surface area contributed by atoms with E-state index in [9.17, 15) is 4.39 Å². The molecule has 1 nitrogen and oxygen atoms in total. The largest absolute Gasteiger partial charge is 0.256 e. The number of fused-ring (bicyclic) bond motifs is 1. The van der Waals surface area contributed by atoms with Crippen molar-refractivity contribution in [3.05, 3.63) is 40.8 Å². The van der Waals surface area contributed by atoms with E-state index in [-0.39, 0.29) is 5.82 Å². The van der Waals surface area contributed by atoms with E-state index in [4.69, 9.17) is 0 Å². The molecule has 0 aliphatic rings. The van der Waals surface area contributed by atoms with Crippen LogP contribution in [0.1, 0.15) is 0 Å². The van der Waals surface area contributed by atoms with Crippen molar-refractivity contribution in [1.82, 2.24) is 4.98 Å². The Bertz CT molecular complexity index is 428. The first-order valence-electron chi connectivity index (χ1n) is 3.48. The predicted molar refractivity (Wildman–Crippen MR) is 49.4 cm³/mol. The number of benzene rings is 1. The summed E-state index contributed by atoms with van der Waals surface area (Å²) in [4.78, 5) is 4.09. The summed E-state index contributed by atoms with van der Waals surface area (Å²) in [5, 5.41) is 0.803. The van der Waals surface area contributed by atoms with E-state index < -0.39 is 0 Å². The van der Waals surface area contributed by atoms with Crippen molar-refractivity contribution in [2.24, 2.45) is 0 Å². The molecule has 1 aromatic carbocycles. The summed E-state index contributed by atoms with van der Waals surface area (Å²) in [6.07, 6.45) is 1.69. The van der Waals surface area contributed by atoms with Gasteiger partial charge in [-0.3, -0.25) is 4.98 Å². The average molecular weight is 226 g/mol. The third kappa shape index (κ3) is 1.10. The maximum absolute atomic E-state index is 13.0. The lowest BCUT2D eigenvalue weighted by atomic mass is 10.2. The Labute approximate surface area is 77.4 Å². The van der Waals surface area contributed by atoms with Crippen LogP contribution in [0.4, 0.5) is 4.39 Å². The summed E-state index contributed by atoms with van der Waals surface area (Å²) in [7, 11) is 0. The average Bonchev–Trinajstić information content (AvgIpc) is 2.12. The zero-order chi connectivity index (χ0) is 8.55. The minimum Gasteiger partial charge on any atom is -0.256 e. The fourth-order valence-electron chi connectivity index (χ4n) is 1.09. The Morgan fingerprint density at radius 1 is 1.25 bits per heavy atom. The number of hydrogen-bond acceptors (Lipinski definition) is 1. The predicted octanol–water partition coefficient (Wildman–Crippen LogP) is 3.14. The van der Waals surface area contributed by atoms with Gasteiger partial charge < -0.3 is 0 Å². The topological polar surface area (TPSA) is 12.9 Å². The second kappa shape index (κ2) is 2.83. The van der Waals surface area contributed by atoms with Gasteiger partial charge in [0.25, 0.3) is 0 Å². The number of hydrogen-bond donors (Lipinski definition) is 0. The quantitative estimate of drug-likeness (QED) is 0.672. The first-order valence-corrected chi connectivity index (χ1v) is 4.27. The summed E-state index contributed by atoms with van der Waals surface area (Å²) >= 11 is 3.17. The third-order valence-electron chi connectivity index (χ3n) is 1.67. The van der Waals surface area contributed by atoms with Gasteiger partial charge in [-0.15, -0.1) is 0 Å². The van der Waals surface area contributed by atoms with E-state index in [1.807, 2.05) is 6.07 Å². The van der Waals surface area contributed by atoms with Gasteiger partial charge in [-0.1, -0.05) is 6.07 Å². The Hall–Kier alpha value is -0.960. The van der Waals surface area contributed by atoms with Gasteiger partial charge in [0.15, 0.2) is 0 Å². The molecule has 0 aliphatic heterocycles. The molecule has 0 radical (unpaired) electrons. The minimum absolute atomic E-state index is 0.254. The summed E-state index contributed by atoms with van der Waals surface area (Å²) in [5.74, 6) is -0.254. The van der Waals surface area contributed by atoms with Crippen molar-refractivity contribution in [3.63, 3.8) is 0 Å². The Morgan fingerprint density at radius 3 is 2.92 bits per heavy atom. The van der Waals surface area contributed by atoms with Crippen LogP contribution in [0.25, 0.3) is 10.9 Å². The van der Waals surface area contributed by atoms with E-state index in [1.54, 1.807) is 18.3 Å². The molecular formula is C9H5BrFN. The first-order chi connectivity index (χ1) is 5.79. The minimum atomic E-state index is -0.254. The zero-order valence-electron chi connectivity index (χ0n) is 6.09. The third-order valence-corrected chi connectivity index (χ3v) is 2.48. The van der Waals surface area contributed by atoms with Gasteiger partial charge >= 0.3 is 0 Å². The number of pyridine rings is 1. The number of rotatable bonds is 0. The van der Waals surface area contributed by atoms with Gasteiger partial charge in [0.1, 0.15) is 5.82 Å². The van der Waals surface area contributed by atoms with Crippen molar-refractivity contribution in [3.8, 4) is 0 Å². The van der Waals surface area contributed by atoms with E-state index in [2.05, 4.69) is 20.9 Å². The molecule has 0 atom stereocenters. The molecule has 0 saturated carbocycles. The van der Waals surface area contributed by atoms with Crippen LogP contribution in [0, 0.1) is 5.82 Å². The van der Waals surface area contributed by atoms with Crippen molar-refractivity contribution in [1.29, 1.82) is 0 Å². The molecule has 2 aromatic rings. The lowest BCUT2D eigenvalue weighted by Gasteiger charge is -1.99. The van der Waals surface area contributed by atoms with Gasteiger partial charge in [-0.2, -0.15) is 0 Å². The van der Waals surface area contributed by atoms with Crippen molar-refractivity contribution in [2.45, 2.75) is 0 Å². The van der Waals surface area contributed by atoms with Gasteiger partial charge in [0.2, 0.25) is 0 Å². The molecule has 2 rings (SSSR count). The maximum atomic E-state index is 13.0. The SMILES string of the molecule is Fc1ccc2ncccc2c1Br. The zero-order valence-corrected chi connectivity index (χ0v) is 7.68. The molecule has 0 N–H and O–H groups in total. The molecule has 12 heavy (non-hydrogen) atoms. The Balaban J connectivity index is 2.91. The molecule has 0 fully saturated rings. The highest BCUT2D eigenvalue weighted by molar-refractivity contribution is 9.10. The molecule has 0 spiro atoms. The van der Waals surface area contributed by atoms with Crippen LogP contribution >= 0.6 is 15.9 Å². The Morgan fingerprint density at radius 2 is 2.08 bits per heavy atom. The van der Waals surface area contributed by atoms with E-state index in [0.29, 0.717) is 4.47 Å². The fourth-order valence-corrected chi connectivity index (χ4v) is 1.56. The van der Waals surface area contributed by atoms with E-state index in [1.165, 1.54) is 6.07 Å². The van der Waals surface area contributed by atoms with Crippen LogP contribution < -0.4 is 0 Å². The summed E-state index contributed by atoms with van der Waals surface area (Å²) in [6, 6.07) is 6.68. The summed E-state index contributed by atoms with van der Waals surface area (Å²) in [6.45, 7) is 0. The molecule has 60 valence electrons. The van der Waals surface area contributed by atoms with Crippen molar-refractivity contribution in [2.75, 3.05) is 0 Å². The van der Waals surface area contributed by atoms with Gasteiger partial charge in [-0.25, -0.2) is 4.39 Å². The van der Waals surface area contributed by atoms with Gasteiger partial charge in [0.05, 0.1) is 9.99 Å². The van der Waals surface area contributed by atoms with E-state index >= 15 is 0 Å². The maximum Gasteiger partial charge on any atom is 0.138 e. The lowest BCUT2D eigenvalue weighted by Crippen LogP contribution is -1.82. The molecular weight excluding hydrogens is 221 g/mol. The van der Waals surface area contributed by atoms with Crippen LogP contribution in [0.5, 0.6) is 0 Å². The van der Waals surface area contributed by atoms with Crippen LogP contribution in [0.2, 0.25) is 0 Å². The molecule has 0 unspecified atom stereocenters. The number of aromatic nitrogens is 1. The standard InChI is InChI=1S/C9H5BrFN/c10-9-6-2-1-5-12-8(6)4-3-7(9)11/h1-5H. The Kier molecular flexibility index (Phi) is 1.81. The number of nitrogens with zero attached hydrogens (tertiary/aromatic N) is 1. The molecule has 0 saturated heterocycles. The van der Waals surface area contributed by atoms with Crippen LogP contribution in [-0.2, 0) is 0 Å². The number of halogens is 2. The molecule has 1 heterocycles. The van der Waals surface area contributed by atoms with Crippen LogP contribution in [0.3, 0.4) is 0 Å². The van der Waals surface area contributed by atoms with E-state index in [0.717, 1.165) is 10.9 Å². The molecule has 0 aliphatic carbocycles. The monoisotopic (exact) mass is 225 g/mol. The van der Waals surface area contributed by atoms with Crippen molar-refractivity contribution < 1.29 is 4.39 Å².